The molecule has 2 atom stereocenters. The molecule has 4 nitrogen and oxygen atoms in total. The van der Waals surface area contributed by atoms with Crippen molar-refractivity contribution in [3.05, 3.63) is 34.9 Å². The predicted molar refractivity (Wildman–Crippen MR) is 79.4 cm³/mol. The third kappa shape index (κ3) is 3.32. The first-order chi connectivity index (χ1) is 9.84. The summed E-state index contributed by atoms with van der Waals surface area (Å²) in [5.41, 5.74) is 1.23. The van der Waals surface area contributed by atoms with Gasteiger partial charge in [-0.3, -0.25) is 0 Å². The summed E-state index contributed by atoms with van der Waals surface area (Å²) in [6.07, 6.45) is 0.296. The summed E-state index contributed by atoms with van der Waals surface area (Å²) in [5.74, 6) is 0.230. The molecule has 2 fully saturated rings. The maximum atomic E-state index is 6.00. The number of hydrogen-bond donors (Lipinski definition) is 2. The van der Waals surface area contributed by atoms with Crippen molar-refractivity contribution in [1.29, 1.82) is 0 Å². The third-order valence-corrected chi connectivity index (χ3v) is 4.22. The van der Waals surface area contributed by atoms with Crippen LogP contribution in [0.3, 0.4) is 0 Å². The van der Waals surface area contributed by atoms with Crippen LogP contribution in [0, 0.1) is 0 Å². The minimum Gasteiger partial charge on any atom is -0.375 e. The first-order valence-corrected chi connectivity index (χ1v) is 7.62. The fraction of sp³-hybridized carbons (Fsp3) is 0.600. The van der Waals surface area contributed by atoms with E-state index in [0.717, 1.165) is 44.4 Å². The molecule has 5 heteroatoms. The molecule has 1 aromatic carbocycles. The van der Waals surface area contributed by atoms with Gasteiger partial charge in [0.1, 0.15) is 0 Å². The zero-order chi connectivity index (χ0) is 13.8. The van der Waals surface area contributed by atoms with Crippen molar-refractivity contribution in [1.82, 2.24) is 10.6 Å². The van der Waals surface area contributed by atoms with Crippen LogP contribution in [0.4, 0.5) is 0 Å². The topological polar surface area (TPSA) is 42.5 Å². The number of rotatable bonds is 3. The molecule has 0 spiro atoms. The standard InChI is InChI=1S/C15H21ClN2O2/c16-12-3-1-11(2-4-12)15(13-9-17-5-7-19-13)14-10-18-6-8-20-14/h1-4,13-15,17-18H,5-10H2. The number of ether oxygens (including phenoxy) is 2. The zero-order valence-electron chi connectivity index (χ0n) is 11.5. The molecule has 2 heterocycles. The molecule has 1 aromatic rings. The lowest BCUT2D eigenvalue weighted by Crippen LogP contribution is -2.50. The van der Waals surface area contributed by atoms with Crippen molar-refractivity contribution in [2.45, 2.75) is 18.1 Å². The predicted octanol–water partition coefficient (Wildman–Crippen LogP) is 1.40. The van der Waals surface area contributed by atoms with Crippen molar-refractivity contribution in [3.63, 3.8) is 0 Å². The normalized spacial score (nSPS) is 29.1. The van der Waals surface area contributed by atoms with Crippen molar-refractivity contribution in [2.24, 2.45) is 0 Å². The van der Waals surface area contributed by atoms with Crippen molar-refractivity contribution >= 4 is 11.6 Å². The number of morpholine rings is 2. The van der Waals surface area contributed by atoms with Crippen LogP contribution in [0.1, 0.15) is 11.5 Å². The van der Waals surface area contributed by atoms with Crippen molar-refractivity contribution in [3.8, 4) is 0 Å². The van der Waals surface area contributed by atoms with Crippen LogP contribution in [0.5, 0.6) is 0 Å². The molecule has 110 valence electrons. The number of nitrogens with one attached hydrogen (secondary N) is 2. The average molecular weight is 297 g/mol. The van der Waals surface area contributed by atoms with E-state index in [1.54, 1.807) is 0 Å². The van der Waals surface area contributed by atoms with Crippen LogP contribution in [0.15, 0.2) is 24.3 Å². The van der Waals surface area contributed by atoms with Gasteiger partial charge in [-0.2, -0.15) is 0 Å². The summed E-state index contributed by atoms with van der Waals surface area (Å²) in [4.78, 5) is 0. The summed E-state index contributed by atoms with van der Waals surface area (Å²) < 4.78 is 11.9. The summed E-state index contributed by atoms with van der Waals surface area (Å²) in [7, 11) is 0. The van der Waals surface area contributed by atoms with Gasteiger partial charge in [0.25, 0.3) is 0 Å². The van der Waals surface area contributed by atoms with Gasteiger partial charge in [0, 0.05) is 37.1 Å². The Bertz CT molecular complexity index is 396. The number of benzene rings is 1. The lowest BCUT2D eigenvalue weighted by molar-refractivity contribution is -0.0567. The van der Waals surface area contributed by atoms with Gasteiger partial charge in [-0.25, -0.2) is 0 Å². The average Bonchev–Trinajstić information content (AvgIpc) is 2.52. The van der Waals surface area contributed by atoms with Crippen molar-refractivity contribution in [2.75, 3.05) is 39.4 Å². The lowest BCUT2D eigenvalue weighted by atomic mass is 9.87. The molecular weight excluding hydrogens is 276 g/mol. The Kier molecular flexibility index (Phi) is 4.91. The van der Waals surface area contributed by atoms with E-state index in [4.69, 9.17) is 21.1 Å². The Balaban J connectivity index is 1.83. The third-order valence-electron chi connectivity index (χ3n) is 3.97. The van der Waals surface area contributed by atoms with E-state index in [1.807, 2.05) is 12.1 Å². The second kappa shape index (κ2) is 6.87. The molecule has 3 rings (SSSR count). The molecule has 2 aliphatic rings. The SMILES string of the molecule is Clc1ccc(C(C2CNCCO2)C2CNCCO2)cc1. The highest BCUT2D eigenvalue weighted by molar-refractivity contribution is 6.30. The van der Waals surface area contributed by atoms with E-state index >= 15 is 0 Å². The molecule has 0 saturated carbocycles. The maximum absolute atomic E-state index is 6.00. The minimum absolute atomic E-state index is 0.148. The molecule has 2 aliphatic heterocycles. The fourth-order valence-corrected chi connectivity index (χ4v) is 3.11. The van der Waals surface area contributed by atoms with Gasteiger partial charge < -0.3 is 20.1 Å². The van der Waals surface area contributed by atoms with Gasteiger partial charge in [-0.05, 0) is 17.7 Å². The smallest absolute Gasteiger partial charge is 0.0793 e. The Labute approximate surface area is 124 Å². The Morgan fingerprint density at radius 2 is 1.50 bits per heavy atom. The highest BCUT2D eigenvalue weighted by atomic mass is 35.5. The van der Waals surface area contributed by atoms with Crippen LogP contribution in [0.25, 0.3) is 0 Å². The summed E-state index contributed by atoms with van der Waals surface area (Å²) in [6, 6.07) is 8.05. The fourth-order valence-electron chi connectivity index (χ4n) is 2.99. The first kappa shape index (κ1) is 14.3. The highest BCUT2D eigenvalue weighted by Gasteiger charge is 2.34. The van der Waals surface area contributed by atoms with E-state index in [-0.39, 0.29) is 18.1 Å². The largest absolute Gasteiger partial charge is 0.375 e. The van der Waals surface area contributed by atoms with Crippen LogP contribution in [0.2, 0.25) is 5.02 Å². The van der Waals surface area contributed by atoms with E-state index in [0.29, 0.717) is 0 Å². The Morgan fingerprint density at radius 1 is 0.950 bits per heavy atom. The molecule has 0 aliphatic carbocycles. The number of hydrogen-bond acceptors (Lipinski definition) is 4. The van der Waals surface area contributed by atoms with Crippen LogP contribution in [-0.2, 0) is 9.47 Å². The maximum Gasteiger partial charge on any atom is 0.0793 e. The van der Waals surface area contributed by atoms with Gasteiger partial charge in [0.15, 0.2) is 0 Å². The molecule has 0 bridgehead atoms. The summed E-state index contributed by atoms with van der Waals surface area (Å²) >= 11 is 6.00. The van der Waals surface area contributed by atoms with Gasteiger partial charge in [-0.1, -0.05) is 23.7 Å². The molecule has 0 radical (unpaired) electrons. The molecule has 2 N–H and O–H groups in total. The van der Waals surface area contributed by atoms with Gasteiger partial charge in [0.05, 0.1) is 25.4 Å². The van der Waals surface area contributed by atoms with E-state index in [9.17, 15) is 0 Å². The Morgan fingerprint density at radius 3 is 1.95 bits per heavy atom. The highest BCUT2D eigenvalue weighted by Crippen LogP contribution is 2.30. The number of halogens is 1. The second-order valence-corrected chi connectivity index (χ2v) is 5.74. The zero-order valence-corrected chi connectivity index (χ0v) is 12.2. The van der Waals surface area contributed by atoms with E-state index < -0.39 is 0 Å². The van der Waals surface area contributed by atoms with E-state index in [1.165, 1.54) is 5.56 Å². The van der Waals surface area contributed by atoms with Gasteiger partial charge in [-0.15, -0.1) is 0 Å². The quantitative estimate of drug-likeness (QED) is 0.885. The lowest BCUT2D eigenvalue weighted by Gasteiger charge is -2.38. The first-order valence-electron chi connectivity index (χ1n) is 7.25. The molecule has 0 amide bonds. The van der Waals surface area contributed by atoms with Gasteiger partial charge in [0.2, 0.25) is 0 Å². The molecule has 2 unspecified atom stereocenters. The second-order valence-electron chi connectivity index (χ2n) is 5.30. The molecule has 20 heavy (non-hydrogen) atoms. The van der Waals surface area contributed by atoms with Crippen LogP contribution < -0.4 is 10.6 Å². The summed E-state index contributed by atoms with van der Waals surface area (Å²) in [6.45, 7) is 5.10. The molecule has 2 saturated heterocycles. The molecular formula is C15H21ClN2O2. The van der Waals surface area contributed by atoms with Crippen molar-refractivity contribution < 1.29 is 9.47 Å². The van der Waals surface area contributed by atoms with Gasteiger partial charge >= 0.3 is 0 Å². The summed E-state index contributed by atoms with van der Waals surface area (Å²) in [5, 5.41) is 7.58. The van der Waals surface area contributed by atoms with Crippen LogP contribution in [-0.4, -0.2) is 51.6 Å². The Hall–Kier alpha value is -0.650. The monoisotopic (exact) mass is 296 g/mol. The van der Waals surface area contributed by atoms with Crippen LogP contribution >= 0.6 is 11.6 Å². The minimum atomic E-state index is 0.148. The molecule has 0 aromatic heterocycles. The van der Waals surface area contributed by atoms with E-state index in [2.05, 4.69) is 22.8 Å².